The van der Waals surface area contributed by atoms with E-state index in [2.05, 4.69) is 34.2 Å². The molecule has 1 aliphatic heterocycles. The first-order valence-electron chi connectivity index (χ1n) is 9.40. The van der Waals surface area contributed by atoms with Crippen LogP contribution in [-0.2, 0) is 9.59 Å². The fourth-order valence-electron chi connectivity index (χ4n) is 3.62. The summed E-state index contributed by atoms with van der Waals surface area (Å²) in [6.07, 6.45) is 1.04. The lowest BCUT2D eigenvalue weighted by atomic mass is 9.92. The standard InChI is InChI=1S/C19H26N6O3/c1-10-6-11(2)9-24(8-10)18(28)17(27)21-15-7-12(3)23-25(15)19-20-14(5)13(4)16(26)22-19/h7,10-11H,6,8-9H2,1-5H3,(H,21,27)(H,20,22,26)/t10-,11-/m0/s1. The lowest BCUT2D eigenvalue weighted by Gasteiger charge is -2.34. The van der Waals surface area contributed by atoms with E-state index in [0.717, 1.165) is 6.42 Å². The molecule has 0 spiro atoms. The molecule has 1 fully saturated rings. The van der Waals surface area contributed by atoms with Gasteiger partial charge < -0.3 is 10.2 Å². The maximum Gasteiger partial charge on any atom is 0.315 e. The largest absolute Gasteiger partial charge is 0.334 e. The third kappa shape index (κ3) is 3.97. The molecule has 9 heteroatoms. The first-order valence-corrected chi connectivity index (χ1v) is 9.40. The van der Waals surface area contributed by atoms with Crippen LogP contribution in [0.15, 0.2) is 10.9 Å². The molecule has 0 bridgehead atoms. The molecule has 0 unspecified atom stereocenters. The Kier molecular flexibility index (Phi) is 5.35. The number of rotatable bonds is 2. The Hall–Kier alpha value is -2.97. The van der Waals surface area contributed by atoms with Gasteiger partial charge in [0.25, 0.3) is 5.56 Å². The summed E-state index contributed by atoms with van der Waals surface area (Å²) in [4.78, 5) is 45.8. The quantitative estimate of drug-likeness (QED) is 0.756. The molecule has 2 N–H and O–H groups in total. The first kappa shape index (κ1) is 19.8. The maximum atomic E-state index is 12.6. The second kappa shape index (κ2) is 7.57. The summed E-state index contributed by atoms with van der Waals surface area (Å²) in [5.41, 5.74) is 1.42. The fourth-order valence-corrected chi connectivity index (χ4v) is 3.62. The maximum absolute atomic E-state index is 12.6. The van der Waals surface area contributed by atoms with Crippen molar-refractivity contribution in [2.75, 3.05) is 18.4 Å². The highest BCUT2D eigenvalue weighted by Crippen LogP contribution is 2.21. The van der Waals surface area contributed by atoms with Gasteiger partial charge >= 0.3 is 11.8 Å². The van der Waals surface area contributed by atoms with Crippen LogP contribution in [0.25, 0.3) is 5.95 Å². The Labute approximate surface area is 163 Å². The third-order valence-corrected chi connectivity index (χ3v) is 5.01. The molecular weight excluding hydrogens is 360 g/mol. The van der Waals surface area contributed by atoms with E-state index in [4.69, 9.17) is 0 Å². The van der Waals surface area contributed by atoms with Crippen LogP contribution in [0.4, 0.5) is 5.82 Å². The Balaban J connectivity index is 1.84. The first-order chi connectivity index (χ1) is 13.2. The Morgan fingerprint density at radius 1 is 1.18 bits per heavy atom. The third-order valence-electron chi connectivity index (χ3n) is 5.01. The smallest absolute Gasteiger partial charge is 0.315 e. The average Bonchev–Trinajstić information content (AvgIpc) is 2.97. The van der Waals surface area contributed by atoms with E-state index < -0.39 is 11.8 Å². The van der Waals surface area contributed by atoms with E-state index in [-0.39, 0.29) is 17.3 Å². The molecule has 0 aromatic carbocycles. The molecule has 2 atom stereocenters. The SMILES string of the molecule is Cc1cc(NC(=O)C(=O)N2C[C@@H](C)C[C@H](C)C2)n(-c2nc(C)c(C)c(=O)[nH]2)n1. The van der Waals surface area contributed by atoms with Gasteiger partial charge in [0.2, 0.25) is 5.95 Å². The van der Waals surface area contributed by atoms with Crippen LogP contribution in [0.2, 0.25) is 0 Å². The zero-order valence-electron chi connectivity index (χ0n) is 16.9. The van der Waals surface area contributed by atoms with Crippen LogP contribution in [-0.4, -0.2) is 49.6 Å². The second-order valence-corrected chi connectivity index (χ2v) is 7.79. The van der Waals surface area contributed by atoms with Crippen molar-refractivity contribution in [2.45, 2.75) is 41.0 Å². The van der Waals surface area contributed by atoms with Gasteiger partial charge in [0.15, 0.2) is 0 Å². The van der Waals surface area contributed by atoms with Crippen molar-refractivity contribution in [1.82, 2.24) is 24.6 Å². The number of carbonyl (C=O) groups excluding carboxylic acids is 2. The van der Waals surface area contributed by atoms with Crippen LogP contribution < -0.4 is 10.9 Å². The Morgan fingerprint density at radius 3 is 2.43 bits per heavy atom. The van der Waals surface area contributed by atoms with E-state index in [1.54, 1.807) is 31.7 Å². The number of hydrogen-bond acceptors (Lipinski definition) is 5. The monoisotopic (exact) mass is 386 g/mol. The van der Waals surface area contributed by atoms with Crippen molar-refractivity contribution in [2.24, 2.45) is 11.8 Å². The van der Waals surface area contributed by atoms with Gasteiger partial charge in [-0.2, -0.15) is 9.78 Å². The van der Waals surface area contributed by atoms with Crippen molar-refractivity contribution in [3.8, 4) is 5.95 Å². The summed E-state index contributed by atoms with van der Waals surface area (Å²) in [6, 6.07) is 1.63. The molecule has 2 amide bonds. The molecule has 1 aliphatic rings. The normalized spacial score (nSPS) is 19.5. The summed E-state index contributed by atoms with van der Waals surface area (Å²) in [6.45, 7) is 10.5. The topological polar surface area (TPSA) is 113 Å². The van der Waals surface area contributed by atoms with E-state index in [0.29, 0.717) is 41.9 Å². The summed E-state index contributed by atoms with van der Waals surface area (Å²) < 4.78 is 1.33. The lowest BCUT2D eigenvalue weighted by molar-refractivity contribution is -0.145. The summed E-state index contributed by atoms with van der Waals surface area (Å²) in [5, 5.41) is 6.90. The number of H-pyrrole nitrogens is 1. The highest BCUT2D eigenvalue weighted by molar-refractivity contribution is 6.39. The van der Waals surface area contributed by atoms with Gasteiger partial charge in [0.05, 0.1) is 5.69 Å². The van der Waals surface area contributed by atoms with Crippen LogP contribution >= 0.6 is 0 Å². The number of nitrogens with zero attached hydrogens (tertiary/aromatic N) is 4. The number of aryl methyl sites for hydroxylation is 2. The van der Waals surface area contributed by atoms with Crippen LogP contribution in [0.5, 0.6) is 0 Å². The molecule has 28 heavy (non-hydrogen) atoms. The number of anilines is 1. The van der Waals surface area contributed by atoms with E-state index >= 15 is 0 Å². The number of amides is 2. The van der Waals surface area contributed by atoms with Crippen LogP contribution in [0, 0.1) is 32.6 Å². The molecular formula is C19H26N6O3. The molecule has 0 radical (unpaired) electrons. The molecule has 2 aromatic heterocycles. The number of aromatic nitrogens is 4. The van der Waals surface area contributed by atoms with Gasteiger partial charge in [-0.1, -0.05) is 13.8 Å². The molecule has 2 aromatic rings. The lowest BCUT2D eigenvalue weighted by Crippen LogP contribution is -2.47. The van der Waals surface area contributed by atoms with Crippen molar-refractivity contribution in [3.05, 3.63) is 33.4 Å². The zero-order chi connectivity index (χ0) is 20.6. The highest BCUT2D eigenvalue weighted by Gasteiger charge is 2.30. The van der Waals surface area contributed by atoms with Crippen molar-refractivity contribution in [1.29, 1.82) is 0 Å². The van der Waals surface area contributed by atoms with Gasteiger partial charge in [-0.05, 0) is 39.0 Å². The van der Waals surface area contributed by atoms with Gasteiger partial charge in [0, 0.05) is 30.4 Å². The minimum Gasteiger partial charge on any atom is -0.334 e. The highest BCUT2D eigenvalue weighted by atomic mass is 16.2. The van der Waals surface area contributed by atoms with Crippen molar-refractivity contribution < 1.29 is 9.59 Å². The minimum absolute atomic E-state index is 0.184. The van der Waals surface area contributed by atoms with Crippen molar-refractivity contribution >= 4 is 17.6 Å². The fraction of sp³-hybridized carbons (Fsp3) is 0.526. The van der Waals surface area contributed by atoms with Crippen LogP contribution in [0.3, 0.4) is 0 Å². The molecule has 9 nitrogen and oxygen atoms in total. The average molecular weight is 386 g/mol. The Bertz CT molecular complexity index is 967. The zero-order valence-corrected chi connectivity index (χ0v) is 16.9. The molecule has 1 saturated heterocycles. The number of piperidine rings is 1. The van der Waals surface area contributed by atoms with E-state index in [1.807, 2.05) is 0 Å². The Morgan fingerprint density at radius 2 is 1.82 bits per heavy atom. The summed E-state index contributed by atoms with van der Waals surface area (Å²) >= 11 is 0. The van der Waals surface area contributed by atoms with Gasteiger partial charge in [-0.25, -0.2) is 4.98 Å². The minimum atomic E-state index is -0.728. The van der Waals surface area contributed by atoms with Crippen molar-refractivity contribution in [3.63, 3.8) is 0 Å². The number of nitrogens with one attached hydrogen (secondary N) is 2. The number of hydrogen-bond donors (Lipinski definition) is 2. The van der Waals surface area contributed by atoms with Gasteiger partial charge in [-0.15, -0.1) is 0 Å². The van der Waals surface area contributed by atoms with Crippen LogP contribution in [0.1, 0.15) is 37.2 Å². The number of likely N-dealkylation sites (tertiary alicyclic amines) is 1. The number of carbonyl (C=O) groups is 2. The predicted molar refractivity (Wildman–Crippen MR) is 104 cm³/mol. The summed E-state index contributed by atoms with van der Waals surface area (Å²) in [5.74, 6) is -0.111. The predicted octanol–water partition coefficient (Wildman–Crippen LogP) is 1.32. The number of aromatic amines is 1. The van der Waals surface area contributed by atoms with E-state index in [9.17, 15) is 14.4 Å². The second-order valence-electron chi connectivity index (χ2n) is 7.79. The molecule has 3 heterocycles. The van der Waals surface area contributed by atoms with Gasteiger partial charge in [-0.3, -0.25) is 19.4 Å². The molecule has 0 saturated carbocycles. The molecule has 0 aliphatic carbocycles. The molecule has 150 valence electrons. The molecule has 3 rings (SSSR count). The summed E-state index contributed by atoms with van der Waals surface area (Å²) in [7, 11) is 0. The van der Waals surface area contributed by atoms with E-state index in [1.165, 1.54) is 4.68 Å². The van der Waals surface area contributed by atoms with Gasteiger partial charge in [0.1, 0.15) is 5.82 Å².